The number of aromatic amines is 1. The molecule has 0 bridgehead atoms. The van der Waals surface area contributed by atoms with Gasteiger partial charge in [0.2, 0.25) is 0 Å². The number of benzene rings is 1. The summed E-state index contributed by atoms with van der Waals surface area (Å²) in [6.45, 7) is 0. The van der Waals surface area contributed by atoms with Crippen LogP contribution in [-0.2, 0) is 4.79 Å². The Morgan fingerprint density at radius 1 is 1.11 bits per heavy atom. The van der Waals surface area contributed by atoms with Crippen molar-refractivity contribution in [1.82, 2.24) is 15.0 Å². The number of nitrogens with one attached hydrogen (secondary N) is 1. The second kappa shape index (κ2) is 7.17. The molecule has 0 aliphatic carbocycles. The van der Waals surface area contributed by atoms with Crippen LogP contribution in [0.25, 0.3) is 39.4 Å². The van der Waals surface area contributed by atoms with Crippen molar-refractivity contribution >= 4 is 23.0 Å². The lowest BCUT2D eigenvalue weighted by Gasteiger charge is -2.05. The third-order valence-electron chi connectivity index (χ3n) is 4.42. The Bertz CT molecular complexity index is 1250. The van der Waals surface area contributed by atoms with E-state index < -0.39 is 5.91 Å². The van der Waals surface area contributed by atoms with Crippen LogP contribution in [-0.4, -0.2) is 20.9 Å². The van der Waals surface area contributed by atoms with E-state index in [1.54, 1.807) is 12.4 Å². The molecule has 0 spiro atoms. The Labute approximate surface area is 161 Å². The average Bonchev–Trinajstić information content (AvgIpc) is 3.16. The number of nitriles is 1. The number of hydrogen-bond acceptors (Lipinski definition) is 4. The molecule has 0 saturated carbocycles. The molecule has 4 aromatic rings. The first kappa shape index (κ1) is 17.2. The Morgan fingerprint density at radius 2 is 1.96 bits per heavy atom. The van der Waals surface area contributed by atoms with E-state index in [9.17, 15) is 4.79 Å². The standard InChI is InChI=1S/C22H15N5O/c23-10-17(21(24)28)8-14-3-1-4-15(7-14)18-9-19-20(13-27-22(19)26-12-18)16-5-2-6-25-11-16/h1-9,11-13H,(H2,24,28)(H,26,27)/b17-8+. The number of fused-ring (bicyclic) bond motifs is 1. The van der Waals surface area contributed by atoms with Crippen molar-refractivity contribution in [3.63, 3.8) is 0 Å². The van der Waals surface area contributed by atoms with Crippen LogP contribution in [0, 0.1) is 11.3 Å². The zero-order valence-electron chi connectivity index (χ0n) is 14.8. The molecule has 6 nitrogen and oxygen atoms in total. The van der Waals surface area contributed by atoms with Crippen LogP contribution in [0.4, 0.5) is 0 Å². The van der Waals surface area contributed by atoms with E-state index in [4.69, 9.17) is 11.0 Å². The lowest BCUT2D eigenvalue weighted by atomic mass is 10.0. The molecule has 0 aliphatic heterocycles. The Kier molecular flexibility index (Phi) is 4.40. The highest BCUT2D eigenvalue weighted by Crippen LogP contribution is 2.31. The van der Waals surface area contributed by atoms with Gasteiger partial charge in [0, 0.05) is 46.9 Å². The lowest BCUT2D eigenvalue weighted by molar-refractivity contribution is -0.114. The molecule has 0 saturated heterocycles. The van der Waals surface area contributed by atoms with Gasteiger partial charge in [-0.3, -0.25) is 9.78 Å². The van der Waals surface area contributed by atoms with Gasteiger partial charge in [-0.15, -0.1) is 0 Å². The summed E-state index contributed by atoms with van der Waals surface area (Å²) in [4.78, 5) is 23.2. The van der Waals surface area contributed by atoms with Crippen molar-refractivity contribution in [1.29, 1.82) is 5.26 Å². The minimum absolute atomic E-state index is 0.0878. The molecule has 0 aliphatic rings. The zero-order chi connectivity index (χ0) is 19.5. The first-order chi connectivity index (χ1) is 13.7. The van der Waals surface area contributed by atoms with E-state index in [1.165, 1.54) is 6.08 Å². The molecular formula is C22H15N5O. The van der Waals surface area contributed by atoms with Gasteiger partial charge in [-0.2, -0.15) is 5.26 Å². The molecule has 1 aromatic carbocycles. The molecule has 0 fully saturated rings. The molecule has 3 aromatic heterocycles. The van der Waals surface area contributed by atoms with Gasteiger partial charge in [0.15, 0.2) is 0 Å². The fourth-order valence-corrected chi connectivity index (χ4v) is 3.06. The monoisotopic (exact) mass is 365 g/mol. The summed E-state index contributed by atoms with van der Waals surface area (Å²) in [7, 11) is 0. The van der Waals surface area contributed by atoms with Crippen molar-refractivity contribution in [2.24, 2.45) is 5.73 Å². The fourth-order valence-electron chi connectivity index (χ4n) is 3.06. The number of amides is 1. The normalized spacial score (nSPS) is 11.3. The molecular weight excluding hydrogens is 350 g/mol. The van der Waals surface area contributed by atoms with E-state index >= 15 is 0 Å². The Hall–Kier alpha value is -4.24. The van der Waals surface area contributed by atoms with Gasteiger partial charge in [-0.1, -0.05) is 24.3 Å². The molecule has 1 amide bonds. The zero-order valence-corrected chi connectivity index (χ0v) is 14.8. The van der Waals surface area contributed by atoms with Crippen molar-refractivity contribution in [3.05, 3.63) is 78.4 Å². The fraction of sp³-hybridized carbons (Fsp3) is 0. The van der Waals surface area contributed by atoms with Crippen LogP contribution in [0.15, 0.2) is 72.8 Å². The van der Waals surface area contributed by atoms with E-state index in [0.29, 0.717) is 0 Å². The third-order valence-corrected chi connectivity index (χ3v) is 4.42. The summed E-state index contributed by atoms with van der Waals surface area (Å²) in [6, 6.07) is 15.3. The average molecular weight is 365 g/mol. The van der Waals surface area contributed by atoms with Gasteiger partial charge in [0.1, 0.15) is 17.3 Å². The van der Waals surface area contributed by atoms with Gasteiger partial charge in [0.25, 0.3) is 5.91 Å². The maximum absolute atomic E-state index is 11.3. The predicted molar refractivity (Wildman–Crippen MR) is 108 cm³/mol. The van der Waals surface area contributed by atoms with Crippen molar-refractivity contribution in [3.8, 4) is 28.3 Å². The van der Waals surface area contributed by atoms with Crippen LogP contribution in [0.1, 0.15) is 5.56 Å². The summed E-state index contributed by atoms with van der Waals surface area (Å²) >= 11 is 0. The minimum atomic E-state index is -0.746. The number of carbonyl (C=O) groups excluding carboxylic acids is 1. The van der Waals surface area contributed by atoms with Crippen LogP contribution < -0.4 is 5.73 Å². The number of pyridine rings is 2. The Morgan fingerprint density at radius 3 is 2.71 bits per heavy atom. The highest BCUT2D eigenvalue weighted by molar-refractivity contribution is 6.00. The van der Waals surface area contributed by atoms with Crippen LogP contribution in [0.5, 0.6) is 0 Å². The quantitative estimate of drug-likeness (QED) is 0.425. The second-order valence-electron chi connectivity index (χ2n) is 6.22. The summed E-state index contributed by atoms with van der Waals surface area (Å²) in [6.07, 6.45) is 8.74. The number of primary amides is 1. The number of nitrogens with two attached hydrogens (primary N) is 1. The van der Waals surface area contributed by atoms with E-state index in [1.807, 2.05) is 54.9 Å². The molecule has 0 radical (unpaired) electrons. The van der Waals surface area contributed by atoms with E-state index in [-0.39, 0.29) is 5.57 Å². The molecule has 3 N–H and O–H groups in total. The van der Waals surface area contributed by atoms with Crippen LogP contribution in [0.3, 0.4) is 0 Å². The number of nitrogens with zero attached hydrogens (tertiary/aromatic N) is 3. The maximum atomic E-state index is 11.3. The van der Waals surface area contributed by atoms with E-state index in [0.717, 1.165) is 38.9 Å². The first-order valence-corrected chi connectivity index (χ1v) is 8.55. The highest BCUT2D eigenvalue weighted by Gasteiger charge is 2.10. The first-order valence-electron chi connectivity index (χ1n) is 8.55. The number of hydrogen-bond donors (Lipinski definition) is 2. The molecule has 134 valence electrons. The highest BCUT2D eigenvalue weighted by atomic mass is 16.1. The summed E-state index contributed by atoms with van der Waals surface area (Å²) in [5.74, 6) is -0.746. The smallest absolute Gasteiger partial charge is 0.259 e. The number of aromatic nitrogens is 3. The SMILES string of the molecule is N#C/C(=C\c1cccc(-c2cnc3[nH]cc(-c4cccnc4)c3c2)c1)C(N)=O. The largest absolute Gasteiger partial charge is 0.365 e. The summed E-state index contributed by atoms with van der Waals surface area (Å²) in [5.41, 5.74) is 10.5. The molecule has 3 heterocycles. The van der Waals surface area contributed by atoms with Gasteiger partial charge in [-0.05, 0) is 35.4 Å². The van der Waals surface area contributed by atoms with Crippen molar-refractivity contribution < 1.29 is 4.79 Å². The number of H-pyrrole nitrogens is 1. The summed E-state index contributed by atoms with van der Waals surface area (Å²) < 4.78 is 0. The molecule has 0 unspecified atom stereocenters. The van der Waals surface area contributed by atoms with Crippen molar-refractivity contribution in [2.45, 2.75) is 0 Å². The Balaban J connectivity index is 1.79. The lowest BCUT2D eigenvalue weighted by Crippen LogP contribution is -2.12. The summed E-state index contributed by atoms with van der Waals surface area (Å²) in [5, 5.41) is 10.0. The number of carbonyl (C=O) groups is 1. The molecule has 4 rings (SSSR count). The molecule has 0 atom stereocenters. The molecule has 6 heteroatoms. The van der Waals surface area contributed by atoms with Gasteiger partial charge >= 0.3 is 0 Å². The third kappa shape index (κ3) is 3.24. The van der Waals surface area contributed by atoms with Gasteiger partial charge < -0.3 is 10.7 Å². The second-order valence-corrected chi connectivity index (χ2v) is 6.22. The van der Waals surface area contributed by atoms with Crippen LogP contribution in [0.2, 0.25) is 0 Å². The van der Waals surface area contributed by atoms with Gasteiger partial charge in [-0.25, -0.2) is 4.98 Å². The predicted octanol–water partition coefficient (Wildman–Crippen LogP) is 3.68. The number of rotatable bonds is 4. The van der Waals surface area contributed by atoms with E-state index in [2.05, 4.69) is 21.0 Å². The van der Waals surface area contributed by atoms with Gasteiger partial charge in [0.05, 0.1) is 0 Å². The van der Waals surface area contributed by atoms with Crippen LogP contribution >= 0.6 is 0 Å². The maximum Gasteiger partial charge on any atom is 0.259 e. The van der Waals surface area contributed by atoms with Crippen molar-refractivity contribution in [2.75, 3.05) is 0 Å². The topological polar surface area (TPSA) is 108 Å². The minimum Gasteiger partial charge on any atom is -0.365 e. The molecule has 28 heavy (non-hydrogen) atoms.